The van der Waals surface area contributed by atoms with E-state index in [1.165, 1.54) is 11.6 Å². The van der Waals surface area contributed by atoms with Crippen molar-refractivity contribution in [3.8, 4) is 5.75 Å². The van der Waals surface area contributed by atoms with Gasteiger partial charge in [-0.25, -0.2) is 4.39 Å². The van der Waals surface area contributed by atoms with Crippen LogP contribution in [0.1, 0.15) is 11.1 Å². The number of rotatable bonds is 7. The zero-order chi connectivity index (χ0) is 16.1. The molecule has 1 saturated heterocycles. The van der Waals surface area contributed by atoms with Crippen molar-refractivity contribution in [2.75, 3.05) is 26.7 Å². The van der Waals surface area contributed by atoms with Crippen LogP contribution >= 0.6 is 0 Å². The van der Waals surface area contributed by atoms with Gasteiger partial charge in [0.2, 0.25) is 0 Å². The second kappa shape index (κ2) is 7.57. The molecule has 3 nitrogen and oxygen atoms in total. The van der Waals surface area contributed by atoms with Crippen LogP contribution in [0.2, 0.25) is 0 Å². The Bertz CT molecular complexity index is 624. The lowest BCUT2D eigenvalue weighted by molar-refractivity contribution is -0.0625. The minimum atomic E-state index is -0.191. The topological polar surface area (TPSA) is 21.7 Å². The maximum Gasteiger partial charge on any atom is 0.128 e. The first-order valence-electron chi connectivity index (χ1n) is 7.95. The van der Waals surface area contributed by atoms with Crippen LogP contribution in [0.3, 0.4) is 0 Å². The Morgan fingerprint density at radius 1 is 1.09 bits per heavy atom. The number of methoxy groups -OCH3 is 1. The summed E-state index contributed by atoms with van der Waals surface area (Å²) in [6, 6.07) is 15.0. The first-order valence-corrected chi connectivity index (χ1v) is 7.95. The number of ether oxygens (including phenoxy) is 2. The van der Waals surface area contributed by atoms with Crippen molar-refractivity contribution >= 4 is 0 Å². The molecule has 122 valence electrons. The van der Waals surface area contributed by atoms with Crippen LogP contribution < -0.4 is 4.74 Å². The highest BCUT2D eigenvalue weighted by Crippen LogP contribution is 2.17. The highest BCUT2D eigenvalue weighted by atomic mass is 19.1. The number of nitrogens with zero attached hydrogens (tertiary/aromatic N) is 1. The summed E-state index contributed by atoms with van der Waals surface area (Å²) in [5.74, 6) is 0.697. The van der Waals surface area contributed by atoms with Gasteiger partial charge in [-0.3, -0.25) is 4.90 Å². The van der Waals surface area contributed by atoms with Crippen LogP contribution in [0.15, 0.2) is 48.5 Å². The Labute approximate surface area is 136 Å². The zero-order valence-electron chi connectivity index (χ0n) is 13.4. The molecule has 1 fully saturated rings. The maximum absolute atomic E-state index is 13.5. The smallest absolute Gasteiger partial charge is 0.128 e. The molecule has 1 aliphatic rings. The molecule has 0 N–H and O–H groups in total. The van der Waals surface area contributed by atoms with E-state index in [-0.39, 0.29) is 11.9 Å². The summed E-state index contributed by atoms with van der Waals surface area (Å²) < 4.78 is 24.4. The van der Waals surface area contributed by atoms with Crippen LogP contribution in [0.4, 0.5) is 4.39 Å². The van der Waals surface area contributed by atoms with Gasteiger partial charge in [-0.15, -0.1) is 0 Å². The summed E-state index contributed by atoms with van der Waals surface area (Å²) in [5, 5.41) is 0. The van der Waals surface area contributed by atoms with Gasteiger partial charge < -0.3 is 9.47 Å². The van der Waals surface area contributed by atoms with Crippen molar-refractivity contribution in [2.45, 2.75) is 19.1 Å². The van der Waals surface area contributed by atoms with E-state index >= 15 is 0 Å². The lowest BCUT2D eigenvalue weighted by atomic mass is 10.1. The second-order valence-corrected chi connectivity index (χ2v) is 5.88. The van der Waals surface area contributed by atoms with E-state index in [2.05, 4.69) is 17.0 Å². The fourth-order valence-corrected chi connectivity index (χ4v) is 2.71. The molecule has 0 aromatic heterocycles. The molecule has 0 saturated carbocycles. The highest BCUT2D eigenvalue weighted by molar-refractivity contribution is 5.27. The summed E-state index contributed by atoms with van der Waals surface area (Å²) in [7, 11) is 1.68. The molecule has 2 aromatic carbocycles. The predicted molar refractivity (Wildman–Crippen MR) is 88.1 cm³/mol. The molecule has 23 heavy (non-hydrogen) atoms. The van der Waals surface area contributed by atoms with Crippen molar-refractivity contribution in [1.82, 2.24) is 4.90 Å². The van der Waals surface area contributed by atoms with Gasteiger partial charge in [-0.05, 0) is 30.2 Å². The van der Waals surface area contributed by atoms with Crippen LogP contribution in [0.25, 0.3) is 0 Å². The van der Waals surface area contributed by atoms with Gasteiger partial charge in [0, 0.05) is 25.2 Å². The Kier molecular flexibility index (Phi) is 5.26. The molecule has 0 atom stereocenters. The molecule has 2 aromatic rings. The third-order valence-electron chi connectivity index (χ3n) is 4.23. The van der Waals surface area contributed by atoms with E-state index in [0.29, 0.717) is 12.2 Å². The van der Waals surface area contributed by atoms with E-state index in [1.807, 2.05) is 18.2 Å². The summed E-state index contributed by atoms with van der Waals surface area (Å²) >= 11 is 0. The molecular weight excluding hydrogens is 293 g/mol. The van der Waals surface area contributed by atoms with Crippen LogP contribution in [-0.2, 0) is 17.8 Å². The molecule has 3 rings (SSSR count). The van der Waals surface area contributed by atoms with Gasteiger partial charge in [0.05, 0.1) is 19.8 Å². The van der Waals surface area contributed by atoms with Crippen molar-refractivity contribution < 1.29 is 13.9 Å². The highest BCUT2D eigenvalue weighted by Gasteiger charge is 2.26. The maximum atomic E-state index is 13.5. The van der Waals surface area contributed by atoms with E-state index in [9.17, 15) is 4.39 Å². The van der Waals surface area contributed by atoms with Crippen LogP contribution in [0.5, 0.6) is 5.75 Å². The third kappa shape index (κ3) is 4.30. The van der Waals surface area contributed by atoms with E-state index in [1.54, 1.807) is 19.2 Å². The molecule has 0 aliphatic carbocycles. The molecule has 0 radical (unpaired) electrons. The van der Waals surface area contributed by atoms with E-state index in [0.717, 1.165) is 31.8 Å². The Morgan fingerprint density at radius 3 is 2.52 bits per heavy atom. The average molecular weight is 315 g/mol. The third-order valence-corrected chi connectivity index (χ3v) is 4.23. The van der Waals surface area contributed by atoms with Gasteiger partial charge in [-0.1, -0.05) is 30.3 Å². The van der Waals surface area contributed by atoms with Gasteiger partial charge >= 0.3 is 0 Å². The Balaban J connectivity index is 1.35. The molecular formula is C19H22FNO2. The van der Waals surface area contributed by atoms with E-state index in [4.69, 9.17) is 9.47 Å². The minimum absolute atomic E-state index is 0.191. The molecule has 4 heteroatoms. The quantitative estimate of drug-likeness (QED) is 0.783. The van der Waals surface area contributed by atoms with Crippen molar-refractivity contribution in [2.24, 2.45) is 0 Å². The van der Waals surface area contributed by atoms with Gasteiger partial charge in [0.1, 0.15) is 11.6 Å². The number of halogens is 1. The number of hydrogen-bond acceptors (Lipinski definition) is 3. The minimum Gasteiger partial charge on any atom is -0.497 e. The standard InChI is InChI=1S/C19H22FNO2/c1-22-17-8-6-15(7-9-17)10-11-21-12-18(13-21)23-14-16-4-2-3-5-19(16)20/h2-9,18H,10-14H2,1H3. The lowest BCUT2D eigenvalue weighted by Crippen LogP contribution is -2.52. The predicted octanol–water partition coefficient (Wildman–Crippen LogP) is 3.28. The SMILES string of the molecule is COc1ccc(CCN2CC(OCc3ccccc3F)C2)cc1. The Hall–Kier alpha value is -1.91. The fourth-order valence-electron chi connectivity index (χ4n) is 2.71. The van der Waals surface area contributed by atoms with Gasteiger partial charge in [-0.2, -0.15) is 0 Å². The summed E-state index contributed by atoms with van der Waals surface area (Å²) in [6.07, 6.45) is 1.23. The Morgan fingerprint density at radius 2 is 1.83 bits per heavy atom. The molecule has 0 amide bonds. The largest absolute Gasteiger partial charge is 0.497 e. The number of hydrogen-bond donors (Lipinski definition) is 0. The van der Waals surface area contributed by atoms with Crippen LogP contribution in [-0.4, -0.2) is 37.7 Å². The van der Waals surface area contributed by atoms with Crippen molar-refractivity contribution in [1.29, 1.82) is 0 Å². The number of likely N-dealkylation sites (tertiary alicyclic amines) is 1. The zero-order valence-corrected chi connectivity index (χ0v) is 13.4. The lowest BCUT2D eigenvalue weighted by Gasteiger charge is -2.39. The summed E-state index contributed by atoms with van der Waals surface area (Å²) in [4.78, 5) is 2.36. The van der Waals surface area contributed by atoms with Crippen LogP contribution in [0, 0.1) is 5.82 Å². The average Bonchev–Trinajstić information content (AvgIpc) is 2.55. The molecule has 0 unspecified atom stereocenters. The first kappa shape index (κ1) is 16.0. The second-order valence-electron chi connectivity index (χ2n) is 5.88. The van der Waals surface area contributed by atoms with Crippen molar-refractivity contribution in [3.63, 3.8) is 0 Å². The summed E-state index contributed by atoms with van der Waals surface area (Å²) in [5.41, 5.74) is 1.94. The molecule has 0 spiro atoms. The summed E-state index contributed by atoms with van der Waals surface area (Å²) in [6.45, 7) is 3.21. The van der Waals surface area contributed by atoms with Crippen molar-refractivity contribution in [3.05, 3.63) is 65.5 Å². The fraction of sp³-hybridized carbons (Fsp3) is 0.368. The van der Waals surface area contributed by atoms with Gasteiger partial charge in [0.15, 0.2) is 0 Å². The molecule has 1 heterocycles. The van der Waals surface area contributed by atoms with Gasteiger partial charge in [0.25, 0.3) is 0 Å². The molecule has 1 aliphatic heterocycles. The first-order chi connectivity index (χ1) is 11.2. The normalized spacial score (nSPS) is 15.4. The monoisotopic (exact) mass is 315 g/mol. The number of benzene rings is 2. The molecule has 0 bridgehead atoms. The van der Waals surface area contributed by atoms with E-state index < -0.39 is 0 Å².